The molecule has 0 spiro atoms. The van der Waals surface area contributed by atoms with Gasteiger partial charge in [0.05, 0.1) is 22.5 Å². The second-order valence-corrected chi connectivity index (χ2v) is 9.64. The second kappa shape index (κ2) is 8.23. The van der Waals surface area contributed by atoms with E-state index in [1.807, 2.05) is 0 Å². The number of esters is 1. The molecule has 0 fully saturated rings. The van der Waals surface area contributed by atoms with Crippen molar-refractivity contribution >= 4 is 55.0 Å². The first-order chi connectivity index (χ1) is 13.2. The number of carbonyl (C=O) groups excluding carboxylic acids is 2. The highest BCUT2D eigenvalue weighted by Gasteiger charge is 2.25. The number of rotatable bonds is 5. The van der Waals surface area contributed by atoms with E-state index in [0.29, 0.717) is 35.1 Å². The third-order valence-corrected chi connectivity index (χ3v) is 6.36. The van der Waals surface area contributed by atoms with E-state index in [-0.39, 0.29) is 16.4 Å². The van der Waals surface area contributed by atoms with Crippen molar-refractivity contribution < 1.29 is 22.7 Å². The van der Waals surface area contributed by atoms with Crippen molar-refractivity contribution in [3.63, 3.8) is 0 Å². The summed E-state index contributed by atoms with van der Waals surface area (Å²) in [5, 5.41) is 0.232. The molecule has 1 aliphatic heterocycles. The van der Waals surface area contributed by atoms with E-state index in [4.69, 9.17) is 16.3 Å². The number of hydrogen-bond donors (Lipinski definition) is 0. The van der Waals surface area contributed by atoms with Crippen LogP contribution in [-0.2, 0) is 21.2 Å². The lowest BCUT2D eigenvalue weighted by molar-refractivity contribution is 0.0475. The predicted molar refractivity (Wildman–Crippen MR) is 111 cm³/mol. The van der Waals surface area contributed by atoms with Crippen LogP contribution >= 0.6 is 27.5 Å². The van der Waals surface area contributed by atoms with Gasteiger partial charge in [0.1, 0.15) is 0 Å². The number of sulfonamides is 1. The van der Waals surface area contributed by atoms with Gasteiger partial charge in [0.15, 0.2) is 12.4 Å². The fourth-order valence-electron chi connectivity index (χ4n) is 3.03. The van der Waals surface area contributed by atoms with Gasteiger partial charge in [-0.15, -0.1) is 0 Å². The Labute approximate surface area is 176 Å². The number of aryl methyl sites for hydroxylation is 1. The Kier molecular flexibility index (Phi) is 6.12. The van der Waals surface area contributed by atoms with Crippen molar-refractivity contribution in [2.24, 2.45) is 0 Å². The quantitative estimate of drug-likeness (QED) is 0.474. The van der Waals surface area contributed by atoms with Gasteiger partial charge in [0.2, 0.25) is 10.0 Å². The summed E-state index contributed by atoms with van der Waals surface area (Å²) in [5.41, 5.74) is 1.90. The molecule has 148 valence electrons. The Hall–Kier alpha value is -1.90. The molecule has 0 saturated heterocycles. The van der Waals surface area contributed by atoms with Crippen molar-refractivity contribution in [3.05, 3.63) is 62.6 Å². The van der Waals surface area contributed by atoms with E-state index in [9.17, 15) is 18.0 Å². The zero-order valence-corrected chi connectivity index (χ0v) is 18.1. The highest BCUT2D eigenvalue weighted by molar-refractivity contribution is 9.10. The van der Waals surface area contributed by atoms with Gasteiger partial charge in [-0.05, 0) is 54.8 Å². The molecule has 0 bridgehead atoms. The van der Waals surface area contributed by atoms with Crippen LogP contribution in [0.15, 0.2) is 40.9 Å². The van der Waals surface area contributed by atoms with E-state index in [1.54, 1.807) is 30.3 Å². The zero-order valence-electron chi connectivity index (χ0n) is 14.9. The number of nitrogens with zero attached hydrogens (tertiary/aromatic N) is 1. The monoisotopic (exact) mass is 485 g/mol. The van der Waals surface area contributed by atoms with E-state index < -0.39 is 22.6 Å². The molecule has 0 radical (unpaired) electrons. The molecule has 0 amide bonds. The molecule has 1 aliphatic rings. The summed E-state index contributed by atoms with van der Waals surface area (Å²) in [6, 6.07) is 9.60. The zero-order chi connectivity index (χ0) is 20.5. The van der Waals surface area contributed by atoms with E-state index in [2.05, 4.69) is 15.9 Å². The molecular weight excluding hydrogens is 470 g/mol. The number of carbonyl (C=O) groups is 2. The second-order valence-electron chi connectivity index (χ2n) is 6.41. The summed E-state index contributed by atoms with van der Waals surface area (Å²) in [4.78, 5) is 24.6. The van der Waals surface area contributed by atoms with Crippen LogP contribution in [0.1, 0.15) is 32.7 Å². The Balaban J connectivity index is 1.73. The average Bonchev–Trinajstić information content (AvgIpc) is 2.66. The Morgan fingerprint density at radius 2 is 1.96 bits per heavy atom. The van der Waals surface area contributed by atoms with Gasteiger partial charge in [-0.2, -0.15) is 0 Å². The van der Waals surface area contributed by atoms with Gasteiger partial charge in [-0.3, -0.25) is 9.10 Å². The smallest absolute Gasteiger partial charge is 0.340 e. The van der Waals surface area contributed by atoms with E-state index >= 15 is 0 Å². The molecule has 0 saturated carbocycles. The molecule has 28 heavy (non-hydrogen) atoms. The lowest BCUT2D eigenvalue weighted by Crippen LogP contribution is -2.34. The topological polar surface area (TPSA) is 80.8 Å². The maximum Gasteiger partial charge on any atom is 0.340 e. The number of anilines is 1. The summed E-state index contributed by atoms with van der Waals surface area (Å²) < 4.78 is 30.9. The first kappa shape index (κ1) is 20.8. The van der Waals surface area contributed by atoms with Crippen molar-refractivity contribution in [2.75, 3.05) is 23.7 Å². The summed E-state index contributed by atoms with van der Waals surface area (Å²) in [6.07, 6.45) is 2.51. The van der Waals surface area contributed by atoms with Crippen LogP contribution in [0.3, 0.4) is 0 Å². The minimum atomic E-state index is -3.37. The summed E-state index contributed by atoms with van der Waals surface area (Å²) >= 11 is 9.25. The normalized spacial score (nSPS) is 13.8. The van der Waals surface area contributed by atoms with Crippen molar-refractivity contribution in [1.82, 2.24) is 0 Å². The molecule has 9 heteroatoms. The number of Topliss-reactive ketones (excluding diaryl/α,β-unsaturated/α-hetero) is 1. The molecular formula is C19H17BrClNO5S. The lowest BCUT2D eigenvalue weighted by Gasteiger charge is -2.29. The number of hydrogen-bond acceptors (Lipinski definition) is 5. The minimum Gasteiger partial charge on any atom is -0.454 e. The van der Waals surface area contributed by atoms with Gasteiger partial charge in [0.25, 0.3) is 0 Å². The maximum absolute atomic E-state index is 12.4. The van der Waals surface area contributed by atoms with Crippen LogP contribution in [0.2, 0.25) is 5.02 Å². The van der Waals surface area contributed by atoms with Gasteiger partial charge < -0.3 is 4.74 Å². The van der Waals surface area contributed by atoms with Crippen LogP contribution in [0.4, 0.5) is 5.69 Å². The largest absolute Gasteiger partial charge is 0.454 e. The average molecular weight is 487 g/mol. The number of ketones is 1. The van der Waals surface area contributed by atoms with Crippen LogP contribution < -0.4 is 4.31 Å². The molecule has 0 aliphatic carbocycles. The lowest BCUT2D eigenvalue weighted by atomic mass is 9.99. The molecule has 0 unspecified atom stereocenters. The molecule has 1 heterocycles. The molecule has 2 aromatic carbocycles. The molecule has 3 rings (SSSR count). The molecule has 0 N–H and O–H groups in total. The van der Waals surface area contributed by atoms with Crippen LogP contribution in [0, 0.1) is 0 Å². The van der Waals surface area contributed by atoms with Crippen LogP contribution in [0.5, 0.6) is 0 Å². The summed E-state index contributed by atoms with van der Waals surface area (Å²) in [7, 11) is -3.37. The summed E-state index contributed by atoms with van der Waals surface area (Å²) in [5.74, 6) is -1.07. The first-order valence-corrected chi connectivity index (χ1v) is 11.4. The van der Waals surface area contributed by atoms with Gasteiger partial charge in [-0.1, -0.05) is 27.5 Å². The standard InChI is InChI=1S/C19H17BrClNO5S/c1-28(25,26)22-8-2-3-12-9-13(4-7-17(12)22)18(23)11-27-19(24)15-10-14(20)5-6-16(15)21/h4-7,9-10H,2-3,8,11H2,1H3. The number of benzene rings is 2. The summed E-state index contributed by atoms with van der Waals surface area (Å²) in [6.45, 7) is -0.0135. The van der Waals surface area contributed by atoms with Crippen LogP contribution in [0.25, 0.3) is 0 Å². The number of halogens is 2. The van der Waals surface area contributed by atoms with Gasteiger partial charge in [-0.25, -0.2) is 13.2 Å². The third-order valence-electron chi connectivity index (χ3n) is 4.36. The first-order valence-electron chi connectivity index (χ1n) is 8.43. The van der Waals surface area contributed by atoms with Crippen LogP contribution in [-0.4, -0.2) is 39.6 Å². The minimum absolute atomic E-state index is 0.165. The highest BCUT2D eigenvalue weighted by atomic mass is 79.9. The molecule has 2 aromatic rings. The SMILES string of the molecule is CS(=O)(=O)N1CCCc2cc(C(=O)COC(=O)c3cc(Br)ccc3Cl)ccc21. The van der Waals surface area contributed by atoms with Crippen molar-refractivity contribution in [1.29, 1.82) is 0 Å². The number of ether oxygens (including phenoxy) is 1. The maximum atomic E-state index is 12.4. The molecule has 0 atom stereocenters. The Morgan fingerprint density at radius 3 is 2.68 bits per heavy atom. The fraction of sp³-hybridized carbons (Fsp3) is 0.263. The molecule has 6 nitrogen and oxygen atoms in total. The van der Waals surface area contributed by atoms with E-state index in [1.165, 1.54) is 10.4 Å². The fourth-order valence-corrected chi connectivity index (χ4v) is 4.58. The van der Waals surface area contributed by atoms with Crippen molar-refractivity contribution in [2.45, 2.75) is 12.8 Å². The Morgan fingerprint density at radius 1 is 1.21 bits per heavy atom. The van der Waals surface area contributed by atoms with Crippen molar-refractivity contribution in [3.8, 4) is 0 Å². The third kappa shape index (κ3) is 4.56. The highest BCUT2D eigenvalue weighted by Crippen LogP contribution is 2.30. The van der Waals surface area contributed by atoms with Gasteiger partial charge >= 0.3 is 5.97 Å². The van der Waals surface area contributed by atoms with E-state index in [0.717, 1.165) is 11.8 Å². The molecule has 0 aromatic heterocycles. The predicted octanol–water partition coefficient (Wildman–Crippen LogP) is 3.85. The number of fused-ring (bicyclic) bond motifs is 1. The van der Waals surface area contributed by atoms with Gasteiger partial charge in [0, 0.05) is 16.6 Å². The Bertz CT molecular complexity index is 1050.